The highest BCUT2D eigenvalue weighted by Crippen LogP contribution is 2.19. The average molecular weight is 268 g/mol. The second kappa shape index (κ2) is 6.61. The van der Waals surface area contributed by atoms with Gasteiger partial charge in [0.2, 0.25) is 0 Å². The normalized spacial score (nSPS) is 12.7. The van der Waals surface area contributed by atoms with Crippen molar-refractivity contribution in [2.24, 2.45) is 10.9 Å². The Hall–Kier alpha value is -1.27. The molecule has 0 radical (unpaired) electrons. The van der Waals surface area contributed by atoms with Gasteiger partial charge in [0.1, 0.15) is 5.69 Å². The molecule has 0 aliphatic carbocycles. The van der Waals surface area contributed by atoms with Crippen LogP contribution in [0.1, 0.15) is 25.1 Å². The molecule has 0 aromatic carbocycles. The van der Waals surface area contributed by atoms with Crippen molar-refractivity contribution in [2.45, 2.75) is 25.1 Å². The van der Waals surface area contributed by atoms with Gasteiger partial charge in [0, 0.05) is 24.0 Å². The second-order valence-electron chi connectivity index (χ2n) is 4.56. The van der Waals surface area contributed by atoms with E-state index in [1.54, 1.807) is 6.20 Å². The molecule has 100 valence electrons. The molecule has 0 amide bonds. The van der Waals surface area contributed by atoms with Gasteiger partial charge in [0.15, 0.2) is 5.84 Å². The van der Waals surface area contributed by atoms with Gasteiger partial charge in [-0.2, -0.15) is 11.8 Å². The fourth-order valence-electron chi connectivity index (χ4n) is 1.43. The van der Waals surface area contributed by atoms with Gasteiger partial charge in [-0.1, -0.05) is 11.2 Å². The lowest BCUT2D eigenvalue weighted by Gasteiger charge is -2.22. The molecule has 0 unspecified atom stereocenters. The van der Waals surface area contributed by atoms with E-state index in [0.29, 0.717) is 12.2 Å². The molecular formula is C12H20N4OS. The molecular weight excluding hydrogens is 248 g/mol. The molecule has 1 heterocycles. The van der Waals surface area contributed by atoms with E-state index in [9.17, 15) is 0 Å². The maximum absolute atomic E-state index is 8.70. The number of nitrogens with one attached hydrogen (secondary N) is 1. The molecule has 5 nitrogen and oxygen atoms in total. The second-order valence-corrected chi connectivity index (χ2v) is 6.08. The highest BCUT2D eigenvalue weighted by Gasteiger charge is 2.15. The zero-order valence-corrected chi connectivity index (χ0v) is 11.8. The Bertz CT molecular complexity index is 420. The molecule has 6 heteroatoms. The summed E-state index contributed by atoms with van der Waals surface area (Å²) in [5, 5.41) is 15.1. The average Bonchev–Trinajstić information content (AvgIpc) is 2.38. The first-order chi connectivity index (χ1) is 8.50. The standard InChI is InChI=1S/C12H20N4OS/c1-12(2,18-3)8-14-7-9-5-4-6-15-10(9)11(13)16-17/h4-6,14,17H,7-8H2,1-3H3,(H2,13,16). The molecule has 0 bridgehead atoms. The zero-order chi connectivity index (χ0) is 13.6. The fourth-order valence-corrected chi connectivity index (χ4v) is 1.68. The lowest BCUT2D eigenvalue weighted by Crippen LogP contribution is -2.32. The fraction of sp³-hybridized carbons (Fsp3) is 0.500. The lowest BCUT2D eigenvalue weighted by molar-refractivity contribution is 0.318. The van der Waals surface area contributed by atoms with Gasteiger partial charge < -0.3 is 16.3 Å². The molecule has 1 aromatic heterocycles. The van der Waals surface area contributed by atoms with Crippen molar-refractivity contribution in [3.63, 3.8) is 0 Å². The van der Waals surface area contributed by atoms with E-state index in [-0.39, 0.29) is 10.6 Å². The van der Waals surface area contributed by atoms with Crippen molar-refractivity contribution in [3.8, 4) is 0 Å². The summed E-state index contributed by atoms with van der Waals surface area (Å²) in [5.74, 6) is 0.0385. The predicted molar refractivity (Wildman–Crippen MR) is 76.0 cm³/mol. The predicted octanol–water partition coefficient (Wildman–Crippen LogP) is 1.41. The summed E-state index contributed by atoms with van der Waals surface area (Å²) in [7, 11) is 0. The van der Waals surface area contributed by atoms with Crippen LogP contribution in [-0.4, -0.2) is 33.6 Å². The Morgan fingerprint density at radius 2 is 2.33 bits per heavy atom. The van der Waals surface area contributed by atoms with Crippen molar-refractivity contribution in [3.05, 3.63) is 29.6 Å². The Labute approximate surface area is 112 Å². The molecule has 0 aliphatic heterocycles. The van der Waals surface area contributed by atoms with E-state index in [1.165, 1.54) is 0 Å². The number of thioether (sulfide) groups is 1. The molecule has 0 saturated heterocycles. The third-order valence-corrected chi connectivity index (χ3v) is 3.91. The number of amidine groups is 1. The Morgan fingerprint density at radius 3 is 2.94 bits per heavy atom. The lowest BCUT2D eigenvalue weighted by atomic mass is 10.1. The molecule has 1 rings (SSSR count). The highest BCUT2D eigenvalue weighted by atomic mass is 32.2. The summed E-state index contributed by atoms with van der Waals surface area (Å²) in [6.07, 6.45) is 3.72. The minimum absolute atomic E-state index is 0.0385. The van der Waals surface area contributed by atoms with E-state index in [4.69, 9.17) is 10.9 Å². The van der Waals surface area contributed by atoms with Crippen LogP contribution in [0, 0.1) is 0 Å². The number of nitrogens with zero attached hydrogens (tertiary/aromatic N) is 2. The van der Waals surface area contributed by atoms with E-state index in [0.717, 1.165) is 12.1 Å². The number of nitrogens with two attached hydrogens (primary N) is 1. The first-order valence-corrected chi connectivity index (χ1v) is 6.90. The van der Waals surface area contributed by atoms with Crippen LogP contribution in [0.25, 0.3) is 0 Å². The van der Waals surface area contributed by atoms with Crippen molar-refractivity contribution >= 4 is 17.6 Å². The SMILES string of the molecule is CSC(C)(C)CNCc1cccnc1/C(N)=N/O. The number of hydrogen-bond acceptors (Lipinski definition) is 5. The molecule has 1 aromatic rings. The van der Waals surface area contributed by atoms with Crippen molar-refractivity contribution in [1.82, 2.24) is 10.3 Å². The Morgan fingerprint density at radius 1 is 1.61 bits per heavy atom. The summed E-state index contributed by atoms with van der Waals surface area (Å²) in [4.78, 5) is 4.12. The van der Waals surface area contributed by atoms with Crippen LogP contribution in [0.3, 0.4) is 0 Å². The third-order valence-electron chi connectivity index (χ3n) is 2.66. The molecule has 18 heavy (non-hydrogen) atoms. The smallest absolute Gasteiger partial charge is 0.189 e. The summed E-state index contributed by atoms with van der Waals surface area (Å²) >= 11 is 1.81. The van der Waals surface area contributed by atoms with Crippen LogP contribution in [-0.2, 0) is 6.54 Å². The van der Waals surface area contributed by atoms with Crippen LogP contribution < -0.4 is 11.1 Å². The topological polar surface area (TPSA) is 83.5 Å². The van der Waals surface area contributed by atoms with Crippen LogP contribution in [0.4, 0.5) is 0 Å². The molecule has 0 aliphatic rings. The maximum atomic E-state index is 8.70. The molecule has 4 N–H and O–H groups in total. The van der Waals surface area contributed by atoms with Crippen molar-refractivity contribution in [2.75, 3.05) is 12.8 Å². The maximum Gasteiger partial charge on any atom is 0.189 e. The van der Waals surface area contributed by atoms with Crippen molar-refractivity contribution in [1.29, 1.82) is 0 Å². The number of pyridine rings is 1. The molecule has 0 spiro atoms. The summed E-state index contributed by atoms with van der Waals surface area (Å²) < 4.78 is 0.180. The molecule has 0 atom stereocenters. The van der Waals surface area contributed by atoms with Crippen LogP contribution in [0.2, 0.25) is 0 Å². The molecule has 0 fully saturated rings. The summed E-state index contributed by atoms with van der Waals surface area (Å²) in [6, 6.07) is 3.75. The third kappa shape index (κ3) is 4.19. The van der Waals surface area contributed by atoms with Crippen LogP contribution >= 0.6 is 11.8 Å². The van der Waals surface area contributed by atoms with E-state index in [1.807, 2.05) is 23.9 Å². The van der Waals surface area contributed by atoms with E-state index in [2.05, 4.69) is 35.6 Å². The summed E-state index contributed by atoms with van der Waals surface area (Å²) in [6.45, 7) is 5.87. The van der Waals surface area contributed by atoms with Gasteiger partial charge in [0.05, 0.1) is 0 Å². The number of aromatic nitrogens is 1. The summed E-state index contributed by atoms with van der Waals surface area (Å²) in [5.41, 5.74) is 7.03. The number of oxime groups is 1. The minimum Gasteiger partial charge on any atom is -0.409 e. The monoisotopic (exact) mass is 268 g/mol. The molecule has 0 saturated carbocycles. The first-order valence-electron chi connectivity index (χ1n) is 5.68. The number of rotatable bonds is 6. The van der Waals surface area contributed by atoms with Gasteiger partial charge in [-0.05, 0) is 31.7 Å². The highest BCUT2D eigenvalue weighted by molar-refractivity contribution is 7.99. The largest absolute Gasteiger partial charge is 0.409 e. The van der Waals surface area contributed by atoms with Crippen molar-refractivity contribution < 1.29 is 5.21 Å². The van der Waals surface area contributed by atoms with Gasteiger partial charge in [-0.25, -0.2) is 0 Å². The first kappa shape index (κ1) is 14.8. The minimum atomic E-state index is 0.0385. The van der Waals surface area contributed by atoms with E-state index < -0.39 is 0 Å². The van der Waals surface area contributed by atoms with Crippen LogP contribution in [0.5, 0.6) is 0 Å². The van der Waals surface area contributed by atoms with Gasteiger partial charge in [-0.3, -0.25) is 4.98 Å². The van der Waals surface area contributed by atoms with Crippen LogP contribution in [0.15, 0.2) is 23.5 Å². The Balaban J connectivity index is 2.68. The Kier molecular flexibility index (Phi) is 5.43. The zero-order valence-electron chi connectivity index (χ0n) is 11.0. The quantitative estimate of drug-likeness (QED) is 0.314. The van der Waals surface area contributed by atoms with Gasteiger partial charge in [-0.15, -0.1) is 0 Å². The van der Waals surface area contributed by atoms with Gasteiger partial charge in [0.25, 0.3) is 0 Å². The van der Waals surface area contributed by atoms with E-state index >= 15 is 0 Å². The number of hydrogen-bond donors (Lipinski definition) is 3. The van der Waals surface area contributed by atoms with Gasteiger partial charge >= 0.3 is 0 Å².